The maximum Gasteiger partial charge on any atom is 0.275 e. The monoisotopic (exact) mass is 335 g/mol. The molecule has 2 aromatic carbocycles. The average molecular weight is 335 g/mol. The van der Waals surface area contributed by atoms with Crippen molar-refractivity contribution in [2.24, 2.45) is 0 Å². The largest absolute Gasteiger partial charge is 0.377 e. The van der Waals surface area contributed by atoms with Gasteiger partial charge in [0, 0.05) is 29.9 Å². The highest BCUT2D eigenvalue weighted by molar-refractivity contribution is 7.25. The van der Waals surface area contributed by atoms with Gasteiger partial charge in [0.05, 0.1) is 11.2 Å². The van der Waals surface area contributed by atoms with Crippen LogP contribution in [0.25, 0.3) is 26.0 Å². The van der Waals surface area contributed by atoms with E-state index in [2.05, 4.69) is 16.0 Å². The van der Waals surface area contributed by atoms with Crippen LogP contribution in [0, 0.1) is 6.92 Å². The summed E-state index contributed by atoms with van der Waals surface area (Å²) in [5.74, 6) is 0. The van der Waals surface area contributed by atoms with E-state index in [4.69, 9.17) is 0 Å². The molecule has 4 aromatic rings. The van der Waals surface area contributed by atoms with Gasteiger partial charge < -0.3 is 4.90 Å². The molecule has 0 saturated heterocycles. The Hall–Kier alpha value is -2.66. The van der Waals surface area contributed by atoms with Crippen molar-refractivity contribution >= 4 is 37.3 Å². The number of hydrogen-bond acceptors (Lipinski definition) is 4. The smallest absolute Gasteiger partial charge is 0.275 e. The van der Waals surface area contributed by atoms with E-state index in [1.807, 2.05) is 57.4 Å². The fraction of sp³-hybridized carbons (Fsp3) is 0.158. The number of rotatable bonds is 2. The zero-order valence-corrected chi connectivity index (χ0v) is 14.6. The summed E-state index contributed by atoms with van der Waals surface area (Å²) in [6.07, 6.45) is 1.63. The predicted molar refractivity (Wildman–Crippen MR) is 102 cm³/mol. The molecule has 0 aliphatic carbocycles. The third kappa shape index (κ3) is 2.20. The van der Waals surface area contributed by atoms with Crippen LogP contribution in [-0.4, -0.2) is 23.6 Å². The summed E-state index contributed by atoms with van der Waals surface area (Å²) in [6, 6.07) is 14.0. The van der Waals surface area contributed by atoms with E-state index < -0.39 is 0 Å². The number of anilines is 1. The Balaban J connectivity index is 2.04. The molecule has 4 nitrogen and oxygen atoms in total. The van der Waals surface area contributed by atoms with Crippen molar-refractivity contribution in [1.82, 2.24) is 9.55 Å². The van der Waals surface area contributed by atoms with E-state index in [-0.39, 0.29) is 5.56 Å². The van der Waals surface area contributed by atoms with Crippen LogP contribution in [0.3, 0.4) is 0 Å². The van der Waals surface area contributed by atoms with Crippen LogP contribution in [0.4, 0.5) is 5.69 Å². The first kappa shape index (κ1) is 14.9. The van der Waals surface area contributed by atoms with Gasteiger partial charge in [0.15, 0.2) is 0 Å². The Morgan fingerprint density at radius 1 is 1.08 bits per heavy atom. The molecule has 0 aliphatic heterocycles. The van der Waals surface area contributed by atoms with Crippen molar-refractivity contribution in [3.63, 3.8) is 0 Å². The third-order valence-corrected chi connectivity index (χ3v) is 5.31. The van der Waals surface area contributed by atoms with Gasteiger partial charge in [0.25, 0.3) is 5.56 Å². The molecule has 0 N–H and O–H groups in total. The second kappa shape index (κ2) is 5.46. The highest BCUT2D eigenvalue weighted by Crippen LogP contribution is 2.36. The Labute approximate surface area is 143 Å². The molecule has 0 saturated carbocycles. The molecule has 0 fully saturated rings. The normalized spacial score (nSPS) is 11.3. The molecule has 0 spiro atoms. The van der Waals surface area contributed by atoms with Crippen LogP contribution < -0.4 is 10.5 Å². The summed E-state index contributed by atoms with van der Waals surface area (Å²) in [4.78, 5) is 19.7. The minimum Gasteiger partial charge on any atom is -0.377 e. The van der Waals surface area contributed by atoms with E-state index in [0.29, 0.717) is 4.70 Å². The Bertz CT molecular complexity index is 1110. The van der Waals surface area contributed by atoms with Crippen LogP contribution >= 0.6 is 11.3 Å². The van der Waals surface area contributed by atoms with E-state index >= 15 is 0 Å². The maximum atomic E-state index is 13.0. The summed E-state index contributed by atoms with van der Waals surface area (Å²) in [5.41, 5.74) is 3.85. The van der Waals surface area contributed by atoms with Gasteiger partial charge in [0.2, 0.25) is 0 Å². The minimum atomic E-state index is -0.0187. The first-order valence-electron chi connectivity index (χ1n) is 7.73. The number of nitrogens with zero attached hydrogens (tertiary/aromatic N) is 3. The molecule has 4 rings (SSSR count). The molecule has 0 radical (unpaired) electrons. The summed E-state index contributed by atoms with van der Waals surface area (Å²) in [6.45, 7) is 2.03. The zero-order valence-electron chi connectivity index (χ0n) is 13.8. The summed E-state index contributed by atoms with van der Waals surface area (Å²) in [7, 11) is 4.01. The van der Waals surface area contributed by atoms with Gasteiger partial charge >= 0.3 is 0 Å². The van der Waals surface area contributed by atoms with E-state index in [9.17, 15) is 4.79 Å². The van der Waals surface area contributed by atoms with Crippen molar-refractivity contribution in [2.75, 3.05) is 19.0 Å². The van der Waals surface area contributed by atoms with Crippen LogP contribution in [0.15, 0.2) is 53.6 Å². The van der Waals surface area contributed by atoms with Crippen molar-refractivity contribution in [3.05, 3.63) is 64.7 Å². The van der Waals surface area contributed by atoms with Crippen LogP contribution in [-0.2, 0) is 0 Å². The summed E-state index contributed by atoms with van der Waals surface area (Å²) >= 11 is 1.51. The molecule has 2 heterocycles. The Kier molecular flexibility index (Phi) is 3.39. The molecule has 120 valence electrons. The molecule has 5 heteroatoms. The first-order chi connectivity index (χ1) is 11.6. The van der Waals surface area contributed by atoms with Gasteiger partial charge in [-0.05, 0) is 31.2 Å². The highest BCUT2D eigenvalue weighted by atomic mass is 32.1. The number of benzene rings is 2. The lowest BCUT2D eigenvalue weighted by molar-refractivity contribution is 0.966. The summed E-state index contributed by atoms with van der Waals surface area (Å²) < 4.78 is 3.40. The van der Waals surface area contributed by atoms with E-state index in [1.54, 1.807) is 10.9 Å². The number of hydrogen-bond donors (Lipinski definition) is 0. The van der Waals surface area contributed by atoms with Gasteiger partial charge in [0.1, 0.15) is 11.0 Å². The molecular weight excluding hydrogens is 318 g/mol. The number of thiophene rings is 1. The van der Waals surface area contributed by atoms with Crippen molar-refractivity contribution < 1.29 is 0 Å². The van der Waals surface area contributed by atoms with E-state index in [0.717, 1.165) is 27.0 Å². The molecular formula is C19H17N3OS. The molecule has 0 atom stereocenters. The number of aryl methyl sites for hydroxylation is 1. The van der Waals surface area contributed by atoms with Crippen molar-refractivity contribution in [1.29, 1.82) is 0 Å². The molecule has 24 heavy (non-hydrogen) atoms. The molecule has 0 amide bonds. The topological polar surface area (TPSA) is 38.1 Å². The minimum absolute atomic E-state index is 0.0187. The standard InChI is InChI=1S/C19H17N3OS/c1-12-7-9-13(10-8-12)22-11-20-17-16-14(21(2)3)5-4-6-15(16)24-18(17)19(22)23/h4-11H,1-3H3. The van der Waals surface area contributed by atoms with Crippen LogP contribution in [0.2, 0.25) is 0 Å². The van der Waals surface area contributed by atoms with Gasteiger partial charge in [-0.3, -0.25) is 9.36 Å². The van der Waals surface area contributed by atoms with Gasteiger partial charge in [-0.15, -0.1) is 11.3 Å². The molecule has 2 aromatic heterocycles. The van der Waals surface area contributed by atoms with Crippen molar-refractivity contribution in [2.45, 2.75) is 6.92 Å². The molecule has 0 aliphatic rings. The lowest BCUT2D eigenvalue weighted by Crippen LogP contribution is -2.17. The highest BCUT2D eigenvalue weighted by Gasteiger charge is 2.15. The predicted octanol–water partition coefficient (Wildman–Crippen LogP) is 3.97. The number of aromatic nitrogens is 2. The molecule has 0 unspecified atom stereocenters. The van der Waals surface area contributed by atoms with Gasteiger partial charge in [-0.25, -0.2) is 4.98 Å². The SMILES string of the molecule is Cc1ccc(-n2cnc3c(sc4cccc(N(C)C)c43)c2=O)cc1. The fourth-order valence-corrected chi connectivity index (χ4v) is 4.03. The first-order valence-corrected chi connectivity index (χ1v) is 8.55. The average Bonchev–Trinajstić information content (AvgIpc) is 2.96. The second-order valence-corrected chi connectivity index (χ2v) is 7.13. The maximum absolute atomic E-state index is 13.0. The van der Waals surface area contributed by atoms with Crippen LogP contribution in [0.5, 0.6) is 0 Å². The van der Waals surface area contributed by atoms with Crippen LogP contribution in [0.1, 0.15) is 5.56 Å². The van der Waals surface area contributed by atoms with Gasteiger partial charge in [-0.1, -0.05) is 23.8 Å². The Morgan fingerprint density at radius 2 is 1.83 bits per heavy atom. The quantitative estimate of drug-likeness (QED) is 0.556. The van der Waals surface area contributed by atoms with Gasteiger partial charge in [-0.2, -0.15) is 0 Å². The number of fused-ring (bicyclic) bond motifs is 3. The lowest BCUT2D eigenvalue weighted by Gasteiger charge is -2.13. The van der Waals surface area contributed by atoms with Crippen molar-refractivity contribution in [3.8, 4) is 5.69 Å². The Morgan fingerprint density at radius 3 is 2.54 bits per heavy atom. The third-order valence-electron chi connectivity index (χ3n) is 4.18. The zero-order chi connectivity index (χ0) is 16.8. The summed E-state index contributed by atoms with van der Waals surface area (Å²) in [5, 5.41) is 1.05. The second-order valence-electron chi connectivity index (χ2n) is 6.08. The lowest BCUT2D eigenvalue weighted by atomic mass is 10.2. The fourth-order valence-electron chi connectivity index (χ4n) is 2.92. The van der Waals surface area contributed by atoms with E-state index in [1.165, 1.54) is 16.9 Å². The molecule has 0 bridgehead atoms.